The van der Waals surface area contributed by atoms with Crippen molar-refractivity contribution >= 4 is 5.91 Å². The maximum absolute atomic E-state index is 12.7. The topological polar surface area (TPSA) is 41.1 Å². The van der Waals surface area contributed by atoms with Crippen LogP contribution < -0.4 is 10.6 Å². The van der Waals surface area contributed by atoms with Crippen LogP contribution in [0.25, 0.3) is 0 Å². The molecule has 0 aromatic heterocycles. The van der Waals surface area contributed by atoms with Crippen molar-refractivity contribution < 1.29 is 22.4 Å². The maximum atomic E-state index is 12.7. The van der Waals surface area contributed by atoms with Crippen molar-refractivity contribution in [1.29, 1.82) is 0 Å². The zero-order valence-corrected chi connectivity index (χ0v) is 10.4. The minimum Gasteiger partial charge on any atom is -0.348 e. The minimum absolute atomic E-state index is 0.373. The van der Waals surface area contributed by atoms with Gasteiger partial charge in [0.25, 0.3) is 0 Å². The van der Waals surface area contributed by atoms with Crippen LogP contribution in [0.15, 0.2) is 0 Å². The van der Waals surface area contributed by atoms with E-state index < -0.39 is 30.8 Å². The molecule has 3 nitrogen and oxygen atoms in total. The van der Waals surface area contributed by atoms with Crippen LogP contribution in [0.5, 0.6) is 0 Å². The molecule has 1 aliphatic heterocycles. The van der Waals surface area contributed by atoms with E-state index in [0.717, 1.165) is 12.8 Å². The summed E-state index contributed by atoms with van der Waals surface area (Å²) in [6, 6.07) is -0.625. The average molecular weight is 270 g/mol. The number of hydrogen-bond acceptors (Lipinski definition) is 2. The first-order valence-electron chi connectivity index (χ1n) is 5.84. The van der Waals surface area contributed by atoms with Crippen molar-refractivity contribution in [3.05, 3.63) is 0 Å². The van der Waals surface area contributed by atoms with E-state index in [0.29, 0.717) is 6.54 Å². The quantitative estimate of drug-likeness (QED) is 0.765. The van der Waals surface area contributed by atoms with E-state index in [4.69, 9.17) is 0 Å². The molecule has 18 heavy (non-hydrogen) atoms. The van der Waals surface area contributed by atoms with Crippen molar-refractivity contribution in [1.82, 2.24) is 10.6 Å². The summed E-state index contributed by atoms with van der Waals surface area (Å²) in [5, 5.41) is 4.83. The maximum Gasteiger partial charge on any atom is 0.324 e. The number of hydrogen-bond donors (Lipinski definition) is 2. The van der Waals surface area contributed by atoms with Crippen LogP contribution in [-0.4, -0.2) is 37.4 Å². The average Bonchev–Trinajstić information content (AvgIpc) is 2.25. The first-order chi connectivity index (χ1) is 8.17. The molecule has 2 N–H and O–H groups in total. The molecule has 0 aliphatic carbocycles. The molecule has 1 rings (SSSR count). The summed E-state index contributed by atoms with van der Waals surface area (Å²) in [7, 11) is 0. The fourth-order valence-electron chi connectivity index (χ4n) is 2.04. The molecule has 1 unspecified atom stereocenters. The van der Waals surface area contributed by atoms with E-state index in [2.05, 4.69) is 5.32 Å². The Morgan fingerprint density at radius 1 is 1.50 bits per heavy atom. The first kappa shape index (κ1) is 15.2. The lowest BCUT2D eigenvalue weighted by Crippen LogP contribution is -2.57. The Hall–Kier alpha value is -0.850. The molecule has 0 spiro atoms. The molecule has 0 radical (unpaired) electrons. The molecule has 106 valence electrons. The van der Waals surface area contributed by atoms with Gasteiger partial charge < -0.3 is 10.6 Å². The van der Waals surface area contributed by atoms with Crippen LogP contribution in [0.1, 0.15) is 26.7 Å². The van der Waals surface area contributed by atoms with Crippen LogP contribution in [-0.2, 0) is 4.79 Å². The van der Waals surface area contributed by atoms with Gasteiger partial charge in [0, 0.05) is 0 Å². The second kappa shape index (κ2) is 5.42. The van der Waals surface area contributed by atoms with Gasteiger partial charge in [-0.2, -0.15) is 8.78 Å². The molecule has 0 bridgehead atoms. The van der Waals surface area contributed by atoms with Crippen LogP contribution in [0.3, 0.4) is 0 Å². The van der Waals surface area contributed by atoms with Crippen molar-refractivity contribution in [3.63, 3.8) is 0 Å². The summed E-state index contributed by atoms with van der Waals surface area (Å²) in [5.74, 6) is -4.84. The van der Waals surface area contributed by atoms with E-state index in [1.165, 1.54) is 0 Å². The second-order valence-corrected chi connectivity index (χ2v) is 5.26. The lowest BCUT2D eigenvalue weighted by molar-refractivity contribution is -0.139. The number of halogens is 4. The SMILES string of the molecule is CC1(C)CCCNC1C(=O)NCC(F)(F)C(F)F. The highest BCUT2D eigenvalue weighted by molar-refractivity contribution is 5.82. The molecule has 1 atom stereocenters. The van der Waals surface area contributed by atoms with E-state index >= 15 is 0 Å². The summed E-state index contributed by atoms with van der Waals surface area (Å²) in [5.41, 5.74) is -0.373. The Labute approximate surface area is 103 Å². The minimum atomic E-state index is -4.19. The molecular weight excluding hydrogens is 252 g/mol. The third-order valence-electron chi connectivity index (χ3n) is 3.21. The van der Waals surface area contributed by atoms with E-state index in [9.17, 15) is 22.4 Å². The molecule has 1 amide bonds. The summed E-state index contributed by atoms with van der Waals surface area (Å²) in [4.78, 5) is 11.7. The predicted molar refractivity (Wildman–Crippen MR) is 58.8 cm³/mol. The highest BCUT2D eigenvalue weighted by Crippen LogP contribution is 2.30. The molecule has 1 saturated heterocycles. The van der Waals surface area contributed by atoms with Gasteiger partial charge in [0.1, 0.15) is 0 Å². The largest absolute Gasteiger partial charge is 0.348 e. The fraction of sp³-hybridized carbons (Fsp3) is 0.909. The molecule has 0 aromatic rings. The van der Waals surface area contributed by atoms with Crippen LogP contribution in [0.4, 0.5) is 17.6 Å². The lowest BCUT2D eigenvalue weighted by Gasteiger charge is -2.38. The van der Waals surface area contributed by atoms with Gasteiger partial charge in [0.2, 0.25) is 5.91 Å². The summed E-state index contributed by atoms with van der Waals surface area (Å²) < 4.78 is 49.2. The standard InChI is InChI=1S/C11H18F4N2O/c1-10(2)4-3-5-16-7(10)8(18)17-6-11(14,15)9(12)13/h7,9,16H,3-6H2,1-2H3,(H,17,18). The van der Waals surface area contributed by atoms with Crippen molar-refractivity contribution in [3.8, 4) is 0 Å². The highest BCUT2D eigenvalue weighted by atomic mass is 19.3. The smallest absolute Gasteiger partial charge is 0.324 e. The van der Waals surface area contributed by atoms with Crippen LogP contribution >= 0.6 is 0 Å². The summed E-state index contributed by atoms with van der Waals surface area (Å²) in [6.45, 7) is 2.97. The van der Waals surface area contributed by atoms with E-state index in [-0.39, 0.29) is 5.41 Å². The third-order valence-corrected chi connectivity index (χ3v) is 3.21. The molecule has 1 aliphatic rings. The molecule has 7 heteroatoms. The van der Waals surface area contributed by atoms with Crippen molar-refractivity contribution in [2.24, 2.45) is 5.41 Å². The van der Waals surface area contributed by atoms with E-state index in [1.807, 2.05) is 19.2 Å². The van der Waals surface area contributed by atoms with E-state index in [1.54, 1.807) is 0 Å². The Morgan fingerprint density at radius 2 is 2.11 bits per heavy atom. The summed E-state index contributed by atoms with van der Waals surface area (Å²) >= 11 is 0. The molecular formula is C11H18F4N2O. The normalized spacial score (nSPS) is 24.1. The summed E-state index contributed by atoms with van der Waals surface area (Å²) in [6.07, 6.45) is -2.10. The molecule has 0 aromatic carbocycles. The highest BCUT2D eigenvalue weighted by Gasteiger charge is 2.43. The van der Waals surface area contributed by atoms with Gasteiger partial charge >= 0.3 is 12.3 Å². The number of carbonyl (C=O) groups excluding carboxylic acids is 1. The molecule has 1 heterocycles. The van der Waals surface area contributed by atoms with Gasteiger partial charge in [-0.1, -0.05) is 13.8 Å². The second-order valence-electron chi connectivity index (χ2n) is 5.26. The number of piperidine rings is 1. The lowest BCUT2D eigenvalue weighted by atomic mass is 9.77. The zero-order valence-electron chi connectivity index (χ0n) is 10.4. The van der Waals surface area contributed by atoms with Gasteiger partial charge in [-0.05, 0) is 24.8 Å². The fourth-order valence-corrected chi connectivity index (χ4v) is 2.04. The predicted octanol–water partition coefficient (Wildman–Crippen LogP) is 1.78. The Balaban J connectivity index is 2.55. The van der Waals surface area contributed by atoms with Crippen LogP contribution in [0, 0.1) is 5.41 Å². The Morgan fingerprint density at radius 3 is 2.61 bits per heavy atom. The van der Waals surface area contributed by atoms with Gasteiger partial charge in [-0.15, -0.1) is 0 Å². The monoisotopic (exact) mass is 270 g/mol. The number of rotatable bonds is 4. The van der Waals surface area contributed by atoms with Gasteiger partial charge in [0.05, 0.1) is 12.6 Å². The Kier molecular flexibility index (Phi) is 4.58. The van der Waals surface area contributed by atoms with Crippen LogP contribution in [0.2, 0.25) is 0 Å². The zero-order chi connectivity index (χ0) is 14.0. The third kappa shape index (κ3) is 3.57. The van der Waals surface area contributed by atoms with Gasteiger partial charge in [-0.3, -0.25) is 4.79 Å². The Bertz CT molecular complexity index is 307. The number of alkyl halides is 4. The number of nitrogens with one attached hydrogen (secondary N) is 2. The van der Waals surface area contributed by atoms with Crippen molar-refractivity contribution in [2.75, 3.05) is 13.1 Å². The molecule has 1 fully saturated rings. The number of amides is 1. The van der Waals surface area contributed by atoms with Gasteiger partial charge in [0.15, 0.2) is 0 Å². The molecule has 0 saturated carbocycles. The van der Waals surface area contributed by atoms with Gasteiger partial charge in [-0.25, -0.2) is 8.78 Å². The first-order valence-corrected chi connectivity index (χ1v) is 5.84. The number of carbonyl (C=O) groups is 1. The van der Waals surface area contributed by atoms with Crippen molar-refractivity contribution in [2.45, 2.75) is 45.1 Å².